The number of pyridine rings is 1. The van der Waals surface area contributed by atoms with Gasteiger partial charge < -0.3 is 14.5 Å². The van der Waals surface area contributed by atoms with Crippen LogP contribution in [0.4, 0.5) is 4.39 Å². The molecule has 1 N–H and O–H groups in total. The first-order valence-electron chi connectivity index (χ1n) is 7.20. The first-order valence-corrected chi connectivity index (χ1v) is 7.20. The Morgan fingerprint density at radius 1 is 1.17 bits per heavy atom. The van der Waals surface area contributed by atoms with Gasteiger partial charge in [0.15, 0.2) is 11.2 Å². The van der Waals surface area contributed by atoms with Gasteiger partial charge in [-0.25, -0.2) is 9.18 Å². The minimum absolute atomic E-state index is 0.0602. The van der Waals surface area contributed by atoms with Crippen molar-refractivity contribution >= 4 is 16.9 Å². The van der Waals surface area contributed by atoms with Gasteiger partial charge in [-0.15, -0.1) is 0 Å². The Morgan fingerprint density at radius 2 is 1.92 bits per heavy atom. The molecule has 2 aromatic carbocycles. The molecular formula is C18H14FNO4. The molecule has 5 nitrogen and oxygen atoms in total. The Morgan fingerprint density at radius 3 is 2.62 bits per heavy atom. The normalized spacial score (nSPS) is 10.6. The van der Waals surface area contributed by atoms with E-state index in [1.807, 2.05) is 30.3 Å². The molecule has 0 aliphatic rings. The van der Waals surface area contributed by atoms with Crippen molar-refractivity contribution in [1.82, 2.24) is 4.98 Å². The number of hydrogen-bond donors (Lipinski definition) is 1. The molecule has 0 aliphatic carbocycles. The van der Waals surface area contributed by atoms with Crippen LogP contribution in [-0.2, 0) is 11.3 Å². The van der Waals surface area contributed by atoms with E-state index in [9.17, 15) is 14.0 Å². The number of nitrogens with one attached hydrogen (secondary N) is 1. The lowest BCUT2D eigenvalue weighted by Gasteiger charge is -2.09. The minimum atomic E-state index is -0.738. The van der Waals surface area contributed by atoms with E-state index < -0.39 is 17.2 Å². The van der Waals surface area contributed by atoms with Gasteiger partial charge in [-0.1, -0.05) is 30.3 Å². The Bertz CT molecular complexity index is 950. The highest BCUT2D eigenvalue weighted by atomic mass is 19.1. The molecule has 0 fully saturated rings. The number of fused-ring (bicyclic) bond motifs is 1. The van der Waals surface area contributed by atoms with E-state index in [2.05, 4.69) is 9.72 Å². The second-order valence-corrected chi connectivity index (χ2v) is 5.14. The second kappa shape index (κ2) is 6.54. The van der Waals surface area contributed by atoms with Crippen molar-refractivity contribution in [1.29, 1.82) is 0 Å². The predicted molar refractivity (Wildman–Crippen MR) is 86.6 cm³/mol. The summed E-state index contributed by atoms with van der Waals surface area (Å²) in [6.07, 6.45) is 0. The van der Waals surface area contributed by atoms with E-state index in [0.717, 1.165) is 11.6 Å². The number of hydrogen-bond acceptors (Lipinski definition) is 4. The van der Waals surface area contributed by atoms with Gasteiger partial charge in [-0.3, -0.25) is 4.79 Å². The van der Waals surface area contributed by atoms with Crippen molar-refractivity contribution in [2.75, 3.05) is 7.11 Å². The number of aromatic amines is 1. The Hall–Kier alpha value is -3.15. The quantitative estimate of drug-likeness (QED) is 0.748. The van der Waals surface area contributed by atoms with Gasteiger partial charge in [0, 0.05) is 12.1 Å². The maximum Gasteiger partial charge on any atom is 0.354 e. The van der Waals surface area contributed by atoms with Crippen LogP contribution < -0.4 is 10.2 Å². The first kappa shape index (κ1) is 15.7. The number of esters is 1. The van der Waals surface area contributed by atoms with Crippen molar-refractivity contribution in [2.45, 2.75) is 6.61 Å². The van der Waals surface area contributed by atoms with Crippen LogP contribution in [0, 0.1) is 5.82 Å². The summed E-state index contributed by atoms with van der Waals surface area (Å²) < 4.78 is 24.4. The van der Waals surface area contributed by atoms with Gasteiger partial charge in [0.25, 0.3) is 0 Å². The van der Waals surface area contributed by atoms with Crippen LogP contribution in [0.15, 0.2) is 53.3 Å². The number of methoxy groups -OCH3 is 1. The molecular weight excluding hydrogens is 313 g/mol. The maximum atomic E-state index is 14.3. The molecule has 3 rings (SSSR count). The fraction of sp³-hybridized carbons (Fsp3) is 0.111. The molecule has 3 aromatic rings. The smallest absolute Gasteiger partial charge is 0.354 e. The van der Waals surface area contributed by atoms with E-state index in [1.165, 1.54) is 19.2 Å². The lowest BCUT2D eigenvalue weighted by atomic mass is 10.1. The Balaban J connectivity index is 1.96. The number of carbonyl (C=O) groups is 1. The summed E-state index contributed by atoms with van der Waals surface area (Å²) in [7, 11) is 1.18. The van der Waals surface area contributed by atoms with Gasteiger partial charge in [0.1, 0.15) is 18.1 Å². The van der Waals surface area contributed by atoms with Gasteiger partial charge >= 0.3 is 5.97 Å². The zero-order valence-electron chi connectivity index (χ0n) is 12.8. The van der Waals surface area contributed by atoms with Gasteiger partial charge in [-0.05, 0) is 11.6 Å². The first-order chi connectivity index (χ1) is 11.6. The predicted octanol–water partition coefficient (Wildman–Crippen LogP) is 3.03. The number of rotatable bonds is 4. The van der Waals surface area contributed by atoms with Gasteiger partial charge in [-0.2, -0.15) is 0 Å². The number of aromatic nitrogens is 1. The van der Waals surface area contributed by atoms with Crippen LogP contribution in [-0.4, -0.2) is 18.1 Å². The highest BCUT2D eigenvalue weighted by Gasteiger charge is 2.14. The number of carbonyl (C=O) groups excluding carboxylic acids is 1. The molecule has 0 saturated carbocycles. The van der Waals surface area contributed by atoms with E-state index >= 15 is 0 Å². The molecule has 0 unspecified atom stereocenters. The van der Waals surface area contributed by atoms with Crippen LogP contribution in [0.3, 0.4) is 0 Å². The molecule has 0 amide bonds. The Kier molecular flexibility index (Phi) is 4.29. The molecule has 0 bridgehead atoms. The van der Waals surface area contributed by atoms with Gasteiger partial charge in [0.2, 0.25) is 0 Å². The molecule has 0 radical (unpaired) electrons. The topological polar surface area (TPSA) is 68.4 Å². The summed E-state index contributed by atoms with van der Waals surface area (Å²) in [6, 6.07) is 13.1. The largest absolute Gasteiger partial charge is 0.489 e. The summed E-state index contributed by atoms with van der Waals surface area (Å²) in [5, 5.41) is 0.103. The average Bonchev–Trinajstić information content (AvgIpc) is 2.60. The lowest BCUT2D eigenvalue weighted by molar-refractivity contribution is 0.0594. The van der Waals surface area contributed by atoms with Crippen LogP contribution >= 0.6 is 0 Å². The molecule has 24 heavy (non-hydrogen) atoms. The summed E-state index contributed by atoms with van der Waals surface area (Å²) in [6.45, 7) is 0.254. The zero-order valence-corrected chi connectivity index (χ0v) is 12.8. The van der Waals surface area contributed by atoms with Crippen LogP contribution in [0.5, 0.6) is 5.75 Å². The third-order valence-electron chi connectivity index (χ3n) is 3.52. The maximum absolute atomic E-state index is 14.3. The molecule has 6 heteroatoms. The molecule has 0 spiro atoms. The van der Waals surface area contributed by atoms with Gasteiger partial charge in [0.05, 0.1) is 18.0 Å². The highest BCUT2D eigenvalue weighted by molar-refractivity contribution is 5.91. The molecule has 122 valence electrons. The van der Waals surface area contributed by atoms with Crippen LogP contribution in [0.25, 0.3) is 10.9 Å². The summed E-state index contributed by atoms with van der Waals surface area (Å²) in [4.78, 5) is 26.2. The number of benzene rings is 2. The minimum Gasteiger partial charge on any atom is -0.489 e. The molecule has 0 aliphatic heterocycles. The standard InChI is InChI=1S/C18H14FNO4/c1-23-18(22)15-9-16(21)13-7-12(8-14(19)17(13)20-15)24-10-11-5-3-2-4-6-11/h2-9H,10H2,1H3,(H,20,21). The van der Waals surface area contributed by atoms with Crippen molar-refractivity contribution in [2.24, 2.45) is 0 Å². The lowest BCUT2D eigenvalue weighted by Crippen LogP contribution is -2.12. The molecule has 0 saturated heterocycles. The highest BCUT2D eigenvalue weighted by Crippen LogP contribution is 2.22. The third-order valence-corrected chi connectivity index (χ3v) is 3.52. The van der Waals surface area contributed by atoms with E-state index in [-0.39, 0.29) is 29.0 Å². The Labute approximate surface area is 136 Å². The average molecular weight is 327 g/mol. The van der Waals surface area contributed by atoms with Crippen LogP contribution in [0.2, 0.25) is 0 Å². The van der Waals surface area contributed by atoms with E-state index in [1.54, 1.807) is 0 Å². The summed E-state index contributed by atoms with van der Waals surface area (Å²) >= 11 is 0. The van der Waals surface area contributed by atoms with Crippen molar-refractivity contribution in [3.63, 3.8) is 0 Å². The van der Waals surface area contributed by atoms with E-state index in [0.29, 0.717) is 0 Å². The zero-order chi connectivity index (χ0) is 17.1. The fourth-order valence-electron chi connectivity index (χ4n) is 2.33. The fourth-order valence-corrected chi connectivity index (χ4v) is 2.33. The number of halogens is 1. The molecule has 0 atom stereocenters. The number of H-pyrrole nitrogens is 1. The molecule has 1 heterocycles. The summed E-state index contributed by atoms with van der Waals surface area (Å²) in [5.41, 5.74) is 0.267. The monoisotopic (exact) mass is 327 g/mol. The SMILES string of the molecule is COC(=O)c1cc(=O)c2cc(OCc3ccccc3)cc(F)c2[nH]1. The molecule has 1 aromatic heterocycles. The summed E-state index contributed by atoms with van der Waals surface area (Å²) in [5.74, 6) is -1.18. The van der Waals surface area contributed by atoms with E-state index in [4.69, 9.17) is 4.74 Å². The number of ether oxygens (including phenoxy) is 2. The van der Waals surface area contributed by atoms with Crippen molar-refractivity contribution in [3.8, 4) is 5.75 Å². The third kappa shape index (κ3) is 3.12. The van der Waals surface area contributed by atoms with Crippen molar-refractivity contribution < 1.29 is 18.7 Å². The van der Waals surface area contributed by atoms with Crippen molar-refractivity contribution in [3.05, 3.63) is 75.8 Å². The second-order valence-electron chi connectivity index (χ2n) is 5.14. The van der Waals surface area contributed by atoms with Crippen LogP contribution in [0.1, 0.15) is 16.1 Å².